The molecule has 0 aromatic heterocycles. The number of nitrogens with one attached hydrogen (secondary N) is 1. The van der Waals surface area contributed by atoms with Gasteiger partial charge in [-0.1, -0.05) is 5.11 Å². The van der Waals surface area contributed by atoms with Crippen molar-refractivity contribution in [3.05, 3.63) is 10.4 Å². The Morgan fingerprint density at radius 1 is 1.65 bits per heavy atom. The molecule has 2 saturated heterocycles. The van der Waals surface area contributed by atoms with E-state index in [2.05, 4.69) is 15.3 Å². The summed E-state index contributed by atoms with van der Waals surface area (Å²) in [5.41, 5.74) is 8.58. The Hall–Kier alpha value is -1.58. The lowest BCUT2D eigenvalue weighted by atomic mass is 10.0. The van der Waals surface area contributed by atoms with E-state index in [1.807, 2.05) is 0 Å². The van der Waals surface area contributed by atoms with Crippen molar-refractivity contribution in [1.82, 2.24) is 10.2 Å². The molecule has 23 heavy (non-hydrogen) atoms. The predicted octanol–water partition coefficient (Wildman–Crippen LogP) is 0.685. The summed E-state index contributed by atoms with van der Waals surface area (Å²) in [5, 5.41) is 15.0. The van der Waals surface area contributed by atoms with Gasteiger partial charge in [-0.15, -0.1) is 11.6 Å². The van der Waals surface area contributed by atoms with Gasteiger partial charge in [0.05, 0.1) is 18.8 Å². The summed E-state index contributed by atoms with van der Waals surface area (Å²) >= 11 is 6.26. The molecule has 3 amide bonds. The largest absolute Gasteiger partial charge is 0.394 e. The quantitative estimate of drug-likeness (QED) is 0.326. The minimum Gasteiger partial charge on any atom is -0.394 e. The third-order valence-electron chi connectivity index (χ3n) is 3.83. The van der Waals surface area contributed by atoms with Crippen LogP contribution in [0.25, 0.3) is 10.4 Å². The zero-order valence-corrected chi connectivity index (χ0v) is 13.4. The fourth-order valence-electron chi connectivity index (χ4n) is 2.68. The predicted molar refractivity (Wildman–Crippen MR) is 78.3 cm³/mol. The van der Waals surface area contributed by atoms with Crippen molar-refractivity contribution >= 4 is 23.5 Å². The van der Waals surface area contributed by atoms with Crippen molar-refractivity contribution in [3.63, 3.8) is 0 Å². The SMILES string of the molecule is CCO[C@@H]1N(C2CC(N=[N+]=[N-])C(CO)O2)C(=O)NC(=O)[C@@]1(C)Cl. The number of azide groups is 1. The first kappa shape index (κ1) is 17.8. The highest BCUT2D eigenvalue weighted by Crippen LogP contribution is 2.35. The number of halogens is 1. The Kier molecular flexibility index (Phi) is 5.33. The molecule has 0 saturated carbocycles. The zero-order valence-electron chi connectivity index (χ0n) is 12.7. The van der Waals surface area contributed by atoms with E-state index < -0.39 is 41.4 Å². The monoisotopic (exact) mass is 347 g/mol. The number of nitrogens with zero attached hydrogens (tertiary/aromatic N) is 4. The normalized spacial score (nSPS) is 37.5. The van der Waals surface area contributed by atoms with E-state index >= 15 is 0 Å². The highest BCUT2D eigenvalue weighted by Gasteiger charge is 2.54. The minimum atomic E-state index is -1.50. The van der Waals surface area contributed by atoms with E-state index in [0.29, 0.717) is 0 Å². The maximum Gasteiger partial charge on any atom is 0.328 e. The van der Waals surface area contributed by atoms with Gasteiger partial charge in [0.2, 0.25) is 0 Å². The molecule has 128 valence electrons. The van der Waals surface area contributed by atoms with Crippen molar-refractivity contribution in [2.75, 3.05) is 13.2 Å². The molecule has 2 rings (SSSR count). The highest BCUT2D eigenvalue weighted by molar-refractivity contribution is 6.36. The maximum atomic E-state index is 12.2. The molecule has 5 atom stereocenters. The van der Waals surface area contributed by atoms with Crippen LogP contribution in [0.15, 0.2) is 5.11 Å². The van der Waals surface area contributed by atoms with Crippen LogP contribution in [0.1, 0.15) is 20.3 Å². The number of rotatable bonds is 5. The Morgan fingerprint density at radius 3 is 2.91 bits per heavy atom. The Labute approximate surface area is 137 Å². The number of hydrogen-bond donors (Lipinski definition) is 2. The van der Waals surface area contributed by atoms with E-state index in [1.54, 1.807) is 6.92 Å². The summed E-state index contributed by atoms with van der Waals surface area (Å²) in [6.45, 7) is 3.00. The van der Waals surface area contributed by atoms with E-state index in [0.717, 1.165) is 0 Å². The summed E-state index contributed by atoms with van der Waals surface area (Å²) in [7, 11) is 0. The van der Waals surface area contributed by atoms with Crippen LogP contribution in [-0.2, 0) is 14.3 Å². The molecule has 11 heteroatoms. The second-order valence-corrected chi connectivity index (χ2v) is 6.15. The first-order valence-electron chi connectivity index (χ1n) is 7.11. The lowest BCUT2D eigenvalue weighted by molar-refractivity contribution is -0.160. The van der Waals surface area contributed by atoms with E-state index in [4.69, 9.17) is 26.6 Å². The molecule has 2 heterocycles. The number of ether oxygens (including phenoxy) is 2. The minimum absolute atomic E-state index is 0.160. The second-order valence-electron chi connectivity index (χ2n) is 5.37. The Morgan fingerprint density at radius 2 is 2.35 bits per heavy atom. The number of alkyl halides is 1. The number of aliphatic hydroxyl groups excluding tert-OH is 1. The van der Waals surface area contributed by atoms with Crippen LogP contribution in [0.5, 0.6) is 0 Å². The van der Waals surface area contributed by atoms with Crippen molar-refractivity contribution in [2.24, 2.45) is 5.11 Å². The molecule has 0 aromatic rings. The zero-order chi connectivity index (χ0) is 17.2. The van der Waals surface area contributed by atoms with Gasteiger partial charge in [0.1, 0.15) is 6.23 Å². The molecular weight excluding hydrogens is 330 g/mol. The van der Waals surface area contributed by atoms with Gasteiger partial charge >= 0.3 is 6.03 Å². The van der Waals surface area contributed by atoms with Crippen LogP contribution in [0, 0.1) is 0 Å². The first-order valence-corrected chi connectivity index (χ1v) is 7.49. The van der Waals surface area contributed by atoms with E-state index in [9.17, 15) is 14.7 Å². The molecule has 0 bridgehead atoms. The molecule has 0 aromatic carbocycles. The number of amides is 3. The van der Waals surface area contributed by atoms with Crippen LogP contribution in [0.3, 0.4) is 0 Å². The number of imide groups is 1. The van der Waals surface area contributed by atoms with Gasteiger partial charge in [-0.05, 0) is 19.4 Å². The summed E-state index contributed by atoms with van der Waals surface area (Å²) in [5.74, 6) is -0.665. The molecule has 2 fully saturated rings. The van der Waals surface area contributed by atoms with Gasteiger partial charge in [0.25, 0.3) is 5.91 Å². The lowest BCUT2D eigenvalue weighted by Crippen LogP contribution is -2.69. The van der Waals surface area contributed by atoms with Gasteiger partial charge in [0.15, 0.2) is 11.1 Å². The second kappa shape index (κ2) is 6.90. The lowest BCUT2D eigenvalue weighted by Gasteiger charge is -2.44. The number of carbonyl (C=O) groups is 2. The van der Waals surface area contributed by atoms with Gasteiger partial charge in [0, 0.05) is 17.9 Å². The number of hydrogen-bond acceptors (Lipinski definition) is 6. The highest BCUT2D eigenvalue weighted by atomic mass is 35.5. The van der Waals surface area contributed by atoms with Crippen molar-refractivity contribution in [2.45, 2.75) is 49.7 Å². The summed E-state index contributed by atoms with van der Waals surface area (Å²) in [6, 6.07) is -1.35. The summed E-state index contributed by atoms with van der Waals surface area (Å²) in [4.78, 5) is 26.6. The fourth-order valence-corrected chi connectivity index (χ4v) is 2.89. The van der Waals surface area contributed by atoms with Crippen LogP contribution in [0.4, 0.5) is 4.79 Å². The number of carbonyl (C=O) groups excluding carboxylic acids is 2. The smallest absolute Gasteiger partial charge is 0.328 e. The van der Waals surface area contributed by atoms with Crippen LogP contribution < -0.4 is 5.32 Å². The number of aliphatic hydroxyl groups is 1. The van der Waals surface area contributed by atoms with E-state index in [1.165, 1.54) is 11.8 Å². The molecule has 0 spiro atoms. The molecule has 3 unspecified atom stereocenters. The molecule has 2 N–H and O–H groups in total. The molecule has 2 aliphatic rings. The standard InChI is InChI=1S/C12H18ClN5O5/c1-3-22-10-12(2,13)9(20)15-11(21)18(10)8-4-6(16-17-14)7(5-19)23-8/h6-8,10,19H,3-5H2,1-2H3,(H,15,20,21)/t6?,7?,8?,10-,12+/m0/s1. The van der Waals surface area contributed by atoms with E-state index in [-0.39, 0.29) is 19.6 Å². The van der Waals surface area contributed by atoms with Gasteiger partial charge < -0.3 is 14.6 Å². The third-order valence-corrected chi connectivity index (χ3v) is 4.19. The van der Waals surface area contributed by atoms with Crippen LogP contribution >= 0.6 is 11.6 Å². The van der Waals surface area contributed by atoms with Gasteiger partial charge in [-0.25, -0.2) is 4.79 Å². The molecule has 10 nitrogen and oxygen atoms in total. The average Bonchev–Trinajstić information content (AvgIpc) is 2.88. The Bertz CT molecular complexity index is 538. The molecule has 0 aliphatic carbocycles. The van der Waals surface area contributed by atoms with Crippen LogP contribution in [0.2, 0.25) is 0 Å². The topological polar surface area (TPSA) is 137 Å². The van der Waals surface area contributed by atoms with Crippen molar-refractivity contribution in [1.29, 1.82) is 0 Å². The number of urea groups is 1. The maximum absolute atomic E-state index is 12.2. The molecular formula is C12H18ClN5O5. The van der Waals surface area contributed by atoms with Crippen molar-refractivity contribution in [3.8, 4) is 0 Å². The first-order chi connectivity index (χ1) is 10.9. The molecule has 0 radical (unpaired) electrons. The summed E-state index contributed by atoms with van der Waals surface area (Å²) in [6.07, 6.45) is -2.48. The van der Waals surface area contributed by atoms with Crippen LogP contribution in [-0.4, -0.2) is 64.6 Å². The molecule has 2 aliphatic heterocycles. The third kappa shape index (κ3) is 3.22. The van der Waals surface area contributed by atoms with Gasteiger partial charge in [-0.2, -0.15) is 0 Å². The Balaban J connectivity index is 2.29. The average molecular weight is 348 g/mol. The van der Waals surface area contributed by atoms with Crippen molar-refractivity contribution < 1.29 is 24.2 Å². The van der Waals surface area contributed by atoms with Gasteiger partial charge in [-0.3, -0.25) is 15.0 Å². The fraction of sp³-hybridized carbons (Fsp3) is 0.833. The summed E-state index contributed by atoms with van der Waals surface area (Å²) < 4.78 is 11.1.